The van der Waals surface area contributed by atoms with Crippen LogP contribution in [0.4, 0.5) is 0 Å². The monoisotopic (exact) mass is 320 g/mol. The minimum Gasteiger partial charge on any atom is -0.461 e. The summed E-state index contributed by atoms with van der Waals surface area (Å²) >= 11 is 5.23. The molecule has 23 heavy (non-hydrogen) atoms. The van der Waals surface area contributed by atoms with E-state index in [9.17, 15) is 0 Å². The van der Waals surface area contributed by atoms with Crippen LogP contribution < -0.4 is 0 Å². The molecule has 0 atom stereocenters. The smallest absolute Gasteiger partial charge is 0.219 e. The Kier molecular flexibility index (Phi) is 3.36. The van der Waals surface area contributed by atoms with Gasteiger partial charge in [-0.15, -0.1) is 5.10 Å². The van der Waals surface area contributed by atoms with Gasteiger partial charge in [-0.05, 0) is 46.8 Å². The summed E-state index contributed by atoms with van der Waals surface area (Å²) in [6.07, 6.45) is 3.34. The number of benzene rings is 2. The second-order valence-electron chi connectivity index (χ2n) is 4.99. The van der Waals surface area contributed by atoms with E-state index in [1.165, 1.54) is 10.8 Å². The van der Waals surface area contributed by atoms with E-state index in [-0.39, 0.29) is 0 Å². The molecule has 0 aliphatic heterocycles. The fourth-order valence-electron chi connectivity index (χ4n) is 2.38. The van der Waals surface area contributed by atoms with E-state index in [0.29, 0.717) is 16.4 Å². The lowest BCUT2D eigenvalue weighted by molar-refractivity contribution is 0.573. The van der Waals surface area contributed by atoms with Crippen LogP contribution in [0.25, 0.3) is 22.4 Å². The maximum atomic E-state index is 5.36. The van der Waals surface area contributed by atoms with Crippen LogP contribution in [0, 0.1) is 4.77 Å². The van der Waals surface area contributed by atoms with Gasteiger partial charge in [-0.2, -0.15) is 9.78 Å². The lowest BCUT2D eigenvalue weighted by Gasteiger charge is -2.00. The third kappa shape index (κ3) is 2.60. The molecule has 0 radical (unpaired) electrons. The summed E-state index contributed by atoms with van der Waals surface area (Å²) in [5, 5.41) is 13.7. The molecule has 0 saturated heterocycles. The Morgan fingerprint density at radius 3 is 2.78 bits per heavy atom. The second kappa shape index (κ2) is 5.66. The minimum absolute atomic E-state index is 0.411. The molecular weight excluding hydrogens is 308 g/mol. The third-order valence-corrected chi connectivity index (χ3v) is 3.75. The largest absolute Gasteiger partial charge is 0.461 e. The van der Waals surface area contributed by atoms with Gasteiger partial charge in [0.25, 0.3) is 0 Å². The summed E-state index contributed by atoms with van der Waals surface area (Å²) in [6, 6.07) is 18.0. The number of aromatic nitrogens is 3. The first-order valence-electron chi connectivity index (χ1n) is 7.06. The Bertz CT molecular complexity index is 1040. The van der Waals surface area contributed by atoms with Gasteiger partial charge in [-0.1, -0.05) is 36.4 Å². The average molecular weight is 320 g/mol. The Balaban J connectivity index is 1.73. The molecule has 2 aromatic heterocycles. The normalized spacial score (nSPS) is 11.5. The number of nitrogens with zero attached hydrogens (tertiary/aromatic N) is 3. The molecule has 0 fully saturated rings. The van der Waals surface area contributed by atoms with Gasteiger partial charge >= 0.3 is 0 Å². The zero-order chi connectivity index (χ0) is 15.6. The van der Waals surface area contributed by atoms with E-state index in [1.807, 2.05) is 24.3 Å². The molecule has 1 N–H and O–H groups in total. The van der Waals surface area contributed by atoms with Crippen molar-refractivity contribution in [1.82, 2.24) is 14.9 Å². The highest BCUT2D eigenvalue weighted by atomic mass is 32.1. The summed E-state index contributed by atoms with van der Waals surface area (Å²) in [6.45, 7) is 0. The highest BCUT2D eigenvalue weighted by Crippen LogP contribution is 2.18. The van der Waals surface area contributed by atoms with Gasteiger partial charge in [0, 0.05) is 0 Å². The van der Waals surface area contributed by atoms with Gasteiger partial charge in [-0.3, -0.25) is 0 Å². The van der Waals surface area contributed by atoms with Crippen LogP contribution in [-0.2, 0) is 0 Å². The van der Waals surface area contributed by atoms with Crippen LogP contribution in [0.2, 0.25) is 0 Å². The van der Waals surface area contributed by atoms with E-state index in [2.05, 4.69) is 39.6 Å². The topological polar surface area (TPSA) is 59.1 Å². The predicted octanol–water partition coefficient (Wildman–Crippen LogP) is 4.24. The lowest BCUT2D eigenvalue weighted by atomic mass is 10.1. The van der Waals surface area contributed by atoms with Crippen LogP contribution in [-0.4, -0.2) is 21.1 Å². The molecule has 0 bridgehead atoms. The summed E-state index contributed by atoms with van der Waals surface area (Å²) in [5.41, 5.74) is 0.984. The van der Waals surface area contributed by atoms with Gasteiger partial charge in [-0.25, -0.2) is 5.10 Å². The summed E-state index contributed by atoms with van der Waals surface area (Å²) in [5.74, 6) is 1.14. The quantitative estimate of drug-likeness (QED) is 0.454. The van der Waals surface area contributed by atoms with Crippen molar-refractivity contribution in [3.05, 3.63) is 71.2 Å². The number of rotatable bonds is 3. The van der Waals surface area contributed by atoms with Crippen molar-refractivity contribution in [2.75, 3.05) is 0 Å². The first kappa shape index (κ1) is 13.7. The molecule has 0 saturated carbocycles. The lowest BCUT2D eigenvalue weighted by Crippen LogP contribution is -1.94. The number of fused-ring (bicyclic) bond motifs is 1. The summed E-state index contributed by atoms with van der Waals surface area (Å²) < 4.78 is 7.32. The molecule has 6 heteroatoms. The first-order valence-corrected chi connectivity index (χ1v) is 7.46. The highest BCUT2D eigenvalue weighted by Gasteiger charge is 2.10. The Labute approximate surface area is 136 Å². The maximum Gasteiger partial charge on any atom is 0.219 e. The van der Waals surface area contributed by atoms with Crippen LogP contribution in [0.15, 0.2) is 70.4 Å². The molecule has 0 aliphatic carbocycles. The van der Waals surface area contributed by atoms with E-state index in [0.717, 1.165) is 5.56 Å². The Hall–Kier alpha value is -2.99. The number of H-pyrrole nitrogens is 1. The van der Waals surface area contributed by atoms with Gasteiger partial charge < -0.3 is 4.42 Å². The molecule has 112 valence electrons. The molecule has 0 spiro atoms. The van der Waals surface area contributed by atoms with Crippen molar-refractivity contribution < 1.29 is 4.42 Å². The van der Waals surface area contributed by atoms with Crippen LogP contribution in [0.5, 0.6) is 0 Å². The van der Waals surface area contributed by atoms with Gasteiger partial charge in [0.05, 0.1) is 12.5 Å². The molecular formula is C17H12N4OS. The van der Waals surface area contributed by atoms with Crippen molar-refractivity contribution in [3.8, 4) is 11.6 Å². The van der Waals surface area contributed by atoms with Crippen molar-refractivity contribution in [2.24, 2.45) is 5.10 Å². The number of aromatic amines is 1. The van der Waals surface area contributed by atoms with Gasteiger partial charge in [0.2, 0.25) is 10.6 Å². The van der Waals surface area contributed by atoms with E-state index >= 15 is 0 Å². The zero-order valence-electron chi connectivity index (χ0n) is 12.0. The number of hydrogen-bond donors (Lipinski definition) is 1. The van der Waals surface area contributed by atoms with Gasteiger partial charge in [0.1, 0.15) is 0 Å². The number of hydrogen-bond acceptors (Lipinski definition) is 4. The summed E-state index contributed by atoms with van der Waals surface area (Å²) in [7, 11) is 0. The molecule has 0 amide bonds. The average Bonchev–Trinajstić information content (AvgIpc) is 3.22. The van der Waals surface area contributed by atoms with Crippen molar-refractivity contribution in [3.63, 3.8) is 0 Å². The van der Waals surface area contributed by atoms with E-state index in [1.54, 1.807) is 23.2 Å². The number of nitrogens with one attached hydrogen (secondary N) is 1. The Morgan fingerprint density at radius 2 is 1.96 bits per heavy atom. The molecule has 5 nitrogen and oxygen atoms in total. The molecule has 4 rings (SSSR count). The highest BCUT2D eigenvalue weighted by molar-refractivity contribution is 7.71. The minimum atomic E-state index is 0.411. The fraction of sp³-hybridized carbons (Fsp3) is 0. The molecule has 0 aliphatic rings. The molecule has 2 heterocycles. The number of furan rings is 1. The van der Waals surface area contributed by atoms with Crippen LogP contribution in [0.3, 0.4) is 0 Å². The van der Waals surface area contributed by atoms with Crippen molar-refractivity contribution in [2.45, 2.75) is 0 Å². The SMILES string of the molecule is S=c1[nH]nc(-c2ccco2)n1/N=C\c1ccc2ccccc2c1. The summed E-state index contributed by atoms with van der Waals surface area (Å²) in [4.78, 5) is 0. The maximum absolute atomic E-state index is 5.36. The van der Waals surface area contributed by atoms with Crippen molar-refractivity contribution in [1.29, 1.82) is 0 Å². The second-order valence-corrected chi connectivity index (χ2v) is 5.38. The third-order valence-electron chi connectivity index (χ3n) is 3.49. The standard InChI is InChI=1S/C17H12N4OS/c23-17-20-19-16(15-6-3-9-22-15)21(17)18-11-12-7-8-13-4-1-2-5-14(13)10-12/h1-11H,(H,20,23)/b18-11-. The van der Waals surface area contributed by atoms with E-state index in [4.69, 9.17) is 16.6 Å². The fourth-order valence-corrected chi connectivity index (χ4v) is 2.56. The van der Waals surface area contributed by atoms with Crippen LogP contribution in [0.1, 0.15) is 5.56 Å². The molecule has 2 aromatic carbocycles. The van der Waals surface area contributed by atoms with Crippen LogP contribution >= 0.6 is 12.2 Å². The Morgan fingerprint density at radius 1 is 1.09 bits per heavy atom. The zero-order valence-corrected chi connectivity index (χ0v) is 12.8. The molecule has 0 unspecified atom stereocenters. The van der Waals surface area contributed by atoms with Crippen molar-refractivity contribution >= 4 is 29.2 Å². The molecule has 4 aromatic rings. The van der Waals surface area contributed by atoms with E-state index < -0.39 is 0 Å². The predicted molar refractivity (Wildman–Crippen MR) is 92.1 cm³/mol. The first-order chi connectivity index (χ1) is 11.3. The van der Waals surface area contributed by atoms with Gasteiger partial charge in [0.15, 0.2) is 5.76 Å².